The molecule has 0 aromatic heterocycles. The van der Waals surface area contributed by atoms with Gasteiger partial charge >= 0.3 is 37.1 Å². The number of anilines is 6. The zero-order chi connectivity index (χ0) is 56.2. The summed E-state index contributed by atoms with van der Waals surface area (Å²) in [7, 11) is 0. The zero-order valence-corrected chi connectivity index (χ0v) is 37.2. The first kappa shape index (κ1) is 57.4. The van der Waals surface area contributed by atoms with E-state index in [1.54, 1.807) is 0 Å². The lowest BCUT2D eigenvalue weighted by molar-refractivity contribution is -0.140. The quantitative estimate of drug-likeness (QED) is 0.0668. The monoisotopic (exact) mass is 1080 g/mol. The van der Waals surface area contributed by atoms with Crippen molar-refractivity contribution in [3.05, 3.63) is 167 Å². The summed E-state index contributed by atoms with van der Waals surface area (Å²) in [6.45, 7) is 0. The number of ether oxygens (including phenoxy) is 3. The summed E-state index contributed by atoms with van der Waals surface area (Å²) in [6.07, 6.45) is -28.7. The van der Waals surface area contributed by atoms with E-state index in [1.807, 2.05) is 0 Å². The third-order valence-electron chi connectivity index (χ3n) is 9.72. The highest BCUT2D eigenvalue weighted by Crippen LogP contribution is 2.47. The second kappa shape index (κ2) is 21.5. The summed E-state index contributed by atoms with van der Waals surface area (Å²) in [4.78, 5) is 0. The summed E-state index contributed by atoms with van der Waals surface area (Å²) in [6, 6.07) is 21.5. The largest absolute Gasteiger partial charge is 0.457 e. The number of hydrogen-bond acceptors (Lipinski definition) is 9. The molecule has 7 aromatic rings. The molecular formula is C48H34F18N6O3. The van der Waals surface area contributed by atoms with Crippen LogP contribution < -0.4 is 48.6 Å². The van der Waals surface area contributed by atoms with E-state index in [1.165, 1.54) is 36.4 Å². The third-order valence-corrected chi connectivity index (χ3v) is 9.72. The van der Waals surface area contributed by atoms with Gasteiger partial charge in [0, 0.05) is 34.1 Å². The van der Waals surface area contributed by atoms with Crippen molar-refractivity contribution in [2.24, 2.45) is 0 Å². The second-order valence-corrected chi connectivity index (χ2v) is 15.4. The predicted molar refractivity (Wildman–Crippen MR) is 241 cm³/mol. The second-order valence-electron chi connectivity index (χ2n) is 15.4. The van der Waals surface area contributed by atoms with Gasteiger partial charge < -0.3 is 48.6 Å². The molecule has 0 aliphatic rings. The topological polar surface area (TPSA) is 184 Å². The van der Waals surface area contributed by atoms with E-state index >= 15 is 0 Å². The van der Waals surface area contributed by atoms with E-state index in [0.29, 0.717) is 24.3 Å². The Kier molecular flexibility index (Phi) is 16.5. The average Bonchev–Trinajstić information content (AvgIpc) is 3.28. The van der Waals surface area contributed by atoms with Crippen molar-refractivity contribution in [3.63, 3.8) is 0 Å². The Balaban J connectivity index is 0.000000212. The molecule has 0 aliphatic carbocycles. The van der Waals surface area contributed by atoms with Gasteiger partial charge in [0.25, 0.3) is 0 Å². The first-order chi connectivity index (χ1) is 34.4. The molecule has 12 N–H and O–H groups in total. The van der Waals surface area contributed by atoms with Gasteiger partial charge in [0.2, 0.25) is 0 Å². The van der Waals surface area contributed by atoms with E-state index in [-0.39, 0.29) is 45.6 Å². The minimum atomic E-state index is -4.84. The molecule has 7 rings (SSSR count). The van der Waals surface area contributed by atoms with Crippen molar-refractivity contribution in [2.45, 2.75) is 37.1 Å². The zero-order valence-electron chi connectivity index (χ0n) is 37.2. The van der Waals surface area contributed by atoms with Gasteiger partial charge in [-0.25, -0.2) is 0 Å². The van der Waals surface area contributed by atoms with E-state index in [4.69, 9.17) is 48.6 Å². The highest BCUT2D eigenvalue weighted by Gasteiger charge is 2.41. The third kappa shape index (κ3) is 15.3. The van der Waals surface area contributed by atoms with Crippen LogP contribution in [0.3, 0.4) is 0 Å². The van der Waals surface area contributed by atoms with Crippen LogP contribution in [0.25, 0.3) is 11.1 Å². The van der Waals surface area contributed by atoms with E-state index in [0.717, 1.165) is 72.8 Å². The molecule has 0 amide bonds. The molecule has 9 nitrogen and oxygen atoms in total. The Labute approximate surface area is 410 Å². The van der Waals surface area contributed by atoms with Gasteiger partial charge in [-0.05, 0) is 132 Å². The number of hydrogen-bond donors (Lipinski definition) is 6. The first-order valence-electron chi connectivity index (χ1n) is 20.4. The van der Waals surface area contributed by atoms with Crippen LogP contribution in [0.15, 0.2) is 133 Å². The maximum Gasteiger partial charge on any atom is 0.420 e. The molecule has 27 heteroatoms. The average molecular weight is 1080 g/mol. The molecule has 75 heavy (non-hydrogen) atoms. The number of alkyl halides is 18. The predicted octanol–water partition coefficient (Wildman–Crippen LogP) is 15.7. The van der Waals surface area contributed by atoms with E-state index < -0.39 is 105 Å². The van der Waals surface area contributed by atoms with Crippen molar-refractivity contribution in [1.82, 2.24) is 0 Å². The molecule has 0 heterocycles. The van der Waals surface area contributed by atoms with Gasteiger partial charge in [0.1, 0.15) is 56.8 Å². The highest BCUT2D eigenvalue weighted by atomic mass is 19.4. The molecule has 400 valence electrons. The van der Waals surface area contributed by atoms with Crippen molar-refractivity contribution < 1.29 is 93.2 Å². The Bertz CT molecular complexity index is 2920. The van der Waals surface area contributed by atoms with Crippen LogP contribution in [0, 0.1) is 0 Å². The number of halogens is 18. The van der Waals surface area contributed by atoms with Crippen molar-refractivity contribution in [2.75, 3.05) is 34.4 Å². The fourth-order valence-corrected chi connectivity index (χ4v) is 6.44. The maximum atomic E-state index is 13.1. The molecule has 0 spiro atoms. The van der Waals surface area contributed by atoms with Crippen LogP contribution >= 0.6 is 0 Å². The van der Waals surface area contributed by atoms with Crippen LogP contribution in [0.4, 0.5) is 113 Å². The number of benzene rings is 7. The number of rotatable bonds is 7. The molecule has 7 aromatic carbocycles. The molecule has 0 unspecified atom stereocenters. The number of nitrogen functional groups attached to an aromatic ring is 6. The molecule has 0 bridgehead atoms. The van der Waals surface area contributed by atoms with Crippen LogP contribution in [0.1, 0.15) is 33.4 Å². The lowest BCUT2D eigenvalue weighted by Crippen LogP contribution is -2.12. The van der Waals surface area contributed by atoms with Crippen molar-refractivity contribution in [1.29, 1.82) is 0 Å². The SMILES string of the molecule is Nc1ccc(-c2ccc(N)cc2C(F)(F)F)c(C(F)(F)F)c1.Nc1ccc(Oc2ccc(N)cc2C(F)(F)F)c(C(F)(F)F)c1.Nc1ccc(Oc2ccc(Oc3ccc(N)cc3C(F)(F)F)cc2)c(C(F)(F)F)c1. The number of nitrogens with two attached hydrogens (primary N) is 6. The highest BCUT2D eigenvalue weighted by molar-refractivity contribution is 5.75. The van der Waals surface area contributed by atoms with Gasteiger partial charge in [-0.1, -0.05) is 12.1 Å². The summed E-state index contributed by atoms with van der Waals surface area (Å²) < 4.78 is 250. The molecule has 0 aliphatic heterocycles. The van der Waals surface area contributed by atoms with Gasteiger partial charge in [0.05, 0.1) is 11.1 Å². The normalized spacial score (nSPS) is 12.2. The minimum Gasteiger partial charge on any atom is -0.457 e. The fraction of sp³-hybridized carbons (Fsp3) is 0.125. The Morgan fingerprint density at radius 1 is 0.227 bits per heavy atom. The Hall–Kier alpha value is -8.52. The summed E-state index contributed by atoms with van der Waals surface area (Å²) >= 11 is 0. The summed E-state index contributed by atoms with van der Waals surface area (Å²) in [5.74, 6) is -2.48. The Morgan fingerprint density at radius 3 is 0.627 bits per heavy atom. The smallest absolute Gasteiger partial charge is 0.420 e. The molecule has 0 saturated carbocycles. The van der Waals surface area contributed by atoms with Gasteiger partial charge in [-0.2, -0.15) is 79.0 Å². The fourth-order valence-electron chi connectivity index (χ4n) is 6.44. The molecule has 0 atom stereocenters. The van der Waals surface area contributed by atoms with Crippen LogP contribution in [-0.2, 0) is 37.1 Å². The summed E-state index contributed by atoms with van der Waals surface area (Å²) in [5.41, 5.74) is 22.7. The minimum absolute atomic E-state index is 0.0194. The molecule has 0 saturated heterocycles. The molecular weight excluding hydrogens is 1050 g/mol. The van der Waals surface area contributed by atoms with Gasteiger partial charge in [-0.3, -0.25) is 0 Å². The standard InChI is InChI=1S/C20H14F6N2O2.C14H10F6N2O.C14H10F6N2/c21-19(22,23)15-9-11(27)1-7-17(15)29-13-3-5-14(6-4-13)30-18-8-2-12(28)10-16(18)20(24,25)26;15-13(16,17)9-5-7(21)1-3-11(9)23-12-4-2-8(22)6-10(12)14(18,19)20;15-13(16,17)11-5-7(21)1-3-9(11)10-4-2-8(22)6-12(10)14(18,19)20/h1-10H,27-28H2;1-6H,21-22H2;1-6H,21-22H2. The van der Waals surface area contributed by atoms with E-state index in [9.17, 15) is 79.0 Å². The van der Waals surface area contributed by atoms with Crippen LogP contribution in [0.5, 0.6) is 34.5 Å². The lowest BCUT2D eigenvalue weighted by atomic mass is 9.94. The molecule has 0 fully saturated rings. The van der Waals surface area contributed by atoms with Gasteiger partial charge in [-0.15, -0.1) is 0 Å². The van der Waals surface area contributed by atoms with Crippen molar-refractivity contribution in [3.8, 4) is 45.6 Å². The Morgan fingerprint density at radius 2 is 0.413 bits per heavy atom. The van der Waals surface area contributed by atoms with Crippen LogP contribution in [0.2, 0.25) is 0 Å². The lowest BCUT2D eigenvalue weighted by Gasteiger charge is -2.18. The summed E-state index contributed by atoms with van der Waals surface area (Å²) in [5, 5.41) is 0. The van der Waals surface area contributed by atoms with Gasteiger partial charge in [0.15, 0.2) is 0 Å². The maximum absolute atomic E-state index is 13.1. The first-order valence-corrected chi connectivity index (χ1v) is 20.4. The van der Waals surface area contributed by atoms with Crippen molar-refractivity contribution >= 4 is 34.1 Å². The van der Waals surface area contributed by atoms with E-state index in [2.05, 4.69) is 0 Å². The van der Waals surface area contributed by atoms with Crippen LogP contribution in [-0.4, -0.2) is 0 Å². The molecule has 0 radical (unpaired) electrons.